The van der Waals surface area contributed by atoms with Gasteiger partial charge in [0.25, 0.3) is 0 Å². The molecule has 0 radical (unpaired) electrons. The first-order chi connectivity index (χ1) is 10.7. The molecule has 22 heavy (non-hydrogen) atoms. The molecule has 3 rings (SSSR count). The molecule has 114 valence electrons. The number of nitrogens with zero attached hydrogens (tertiary/aromatic N) is 2. The first kappa shape index (κ1) is 14.8. The smallest absolute Gasteiger partial charge is 0.208 e. The van der Waals surface area contributed by atoms with Crippen LogP contribution in [0.3, 0.4) is 0 Å². The Labute approximate surface area is 133 Å². The minimum atomic E-state index is 0.604. The fourth-order valence-corrected chi connectivity index (χ4v) is 2.34. The number of aromatic nitrogens is 2. The Morgan fingerprint density at radius 3 is 2.77 bits per heavy atom. The average Bonchev–Trinajstić information content (AvgIpc) is 2.90. The van der Waals surface area contributed by atoms with E-state index in [0.717, 1.165) is 28.2 Å². The third-order valence-corrected chi connectivity index (χ3v) is 3.60. The van der Waals surface area contributed by atoms with Crippen molar-refractivity contribution < 1.29 is 9.26 Å². The second-order valence-electron chi connectivity index (χ2n) is 4.93. The van der Waals surface area contributed by atoms with E-state index in [9.17, 15) is 0 Å². The predicted molar refractivity (Wildman–Crippen MR) is 87.4 cm³/mol. The minimum absolute atomic E-state index is 0.604. The number of rotatable bonds is 5. The normalized spacial score (nSPS) is 11.0. The molecule has 5 nitrogen and oxygen atoms in total. The molecule has 6 heteroatoms. The van der Waals surface area contributed by atoms with Crippen LogP contribution in [0.2, 0.25) is 5.02 Å². The van der Waals surface area contributed by atoms with Crippen molar-refractivity contribution in [3.63, 3.8) is 0 Å². The molecule has 3 aromatic rings. The zero-order valence-electron chi connectivity index (χ0n) is 12.4. The van der Waals surface area contributed by atoms with Gasteiger partial charge in [-0.15, -0.1) is 0 Å². The fourth-order valence-electron chi connectivity index (χ4n) is 2.22. The number of aryl methyl sites for hydroxylation is 1. The van der Waals surface area contributed by atoms with E-state index in [4.69, 9.17) is 20.9 Å². The summed E-state index contributed by atoms with van der Waals surface area (Å²) in [5.41, 5.74) is 4.86. The van der Waals surface area contributed by atoms with Crippen molar-refractivity contribution in [3.05, 3.63) is 41.0 Å². The molecule has 2 aromatic heterocycles. The van der Waals surface area contributed by atoms with Gasteiger partial charge in [-0.3, -0.25) is 0 Å². The maximum atomic E-state index is 5.95. The lowest BCUT2D eigenvalue weighted by atomic mass is 10.1. The Morgan fingerprint density at radius 2 is 2.05 bits per heavy atom. The summed E-state index contributed by atoms with van der Waals surface area (Å²) in [6, 6.07) is 9.53. The molecule has 0 aliphatic rings. The van der Waals surface area contributed by atoms with Crippen molar-refractivity contribution in [3.8, 4) is 11.3 Å². The van der Waals surface area contributed by atoms with Gasteiger partial charge in [-0.25, -0.2) is 4.98 Å². The van der Waals surface area contributed by atoms with Gasteiger partial charge in [0.15, 0.2) is 0 Å². The Bertz CT molecular complexity index is 784. The molecule has 0 atom stereocenters. The zero-order chi connectivity index (χ0) is 15.5. The minimum Gasteiger partial charge on any atom is -0.383 e. The number of hydrogen-bond acceptors (Lipinski definition) is 5. The first-order valence-electron chi connectivity index (χ1n) is 6.95. The van der Waals surface area contributed by atoms with Crippen LogP contribution in [0.15, 0.2) is 34.9 Å². The maximum Gasteiger partial charge on any atom is 0.208 e. The molecule has 0 unspecified atom stereocenters. The van der Waals surface area contributed by atoms with Crippen LogP contribution in [0.4, 0.5) is 5.69 Å². The summed E-state index contributed by atoms with van der Waals surface area (Å²) in [6.45, 7) is 3.16. The molecule has 0 spiro atoms. The van der Waals surface area contributed by atoms with Crippen LogP contribution in [-0.4, -0.2) is 30.4 Å². The van der Waals surface area contributed by atoms with Gasteiger partial charge in [0, 0.05) is 24.2 Å². The second-order valence-corrected chi connectivity index (χ2v) is 5.36. The zero-order valence-corrected chi connectivity index (χ0v) is 13.1. The highest BCUT2D eigenvalue weighted by Gasteiger charge is 2.14. The highest BCUT2D eigenvalue weighted by atomic mass is 35.5. The molecule has 0 saturated carbocycles. The molecule has 0 bridgehead atoms. The van der Waals surface area contributed by atoms with E-state index >= 15 is 0 Å². The highest BCUT2D eigenvalue weighted by molar-refractivity contribution is 6.30. The number of hydrogen-bond donors (Lipinski definition) is 1. The monoisotopic (exact) mass is 317 g/mol. The van der Waals surface area contributed by atoms with E-state index < -0.39 is 0 Å². The standard InChI is InChI=1S/C16H16ClN3O2/c1-10-15-16(22-20-10)14(18-7-8-21-2)9-13(19-15)11-3-5-12(17)6-4-11/h3-6,9H,7-8H2,1-2H3,(H,18,19). The van der Waals surface area contributed by atoms with E-state index in [1.807, 2.05) is 37.3 Å². The molecular formula is C16H16ClN3O2. The van der Waals surface area contributed by atoms with Crippen molar-refractivity contribution >= 4 is 28.4 Å². The Balaban J connectivity index is 2.06. The summed E-state index contributed by atoms with van der Waals surface area (Å²) in [5, 5.41) is 8.00. The van der Waals surface area contributed by atoms with E-state index in [1.165, 1.54) is 0 Å². The van der Waals surface area contributed by atoms with Gasteiger partial charge in [0.1, 0.15) is 11.2 Å². The molecule has 0 saturated heterocycles. The Hall–Kier alpha value is -2.11. The summed E-state index contributed by atoms with van der Waals surface area (Å²) in [4.78, 5) is 4.65. The summed E-state index contributed by atoms with van der Waals surface area (Å²) in [5.74, 6) is 0. The summed E-state index contributed by atoms with van der Waals surface area (Å²) in [7, 11) is 1.67. The molecule has 1 N–H and O–H groups in total. The van der Waals surface area contributed by atoms with Gasteiger partial charge < -0.3 is 14.6 Å². The number of benzene rings is 1. The van der Waals surface area contributed by atoms with Gasteiger partial charge in [0.2, 0.25) is 5.58 Å². The predicted octanol–water partition coefficient (Wildman–Crippen LogP) is 3.91. The van der Waals surface area contributed by atoms with Crippen LogP contribution in [0.1, 0.15) is 5.69 Å². The lowest BCUT2D eigenvalue weighted by Gasteiger charge is -2.08. The number of halogens is 1. The van der Waals surface area contributed by atoms with Crippen LogP contribution in [0.5, 0.6) is 0 Å². The summed E-state index contributed by atoms with van der Waals surface area (Å²) < 4.78 is 10.5. The van der Waals surface area contributed by atoms with Gasteiger partial charge in [0.05, 0.1) is 18.0 Å². The highest BCUT2D eigenvalue weighted by Crippen LogP contribution is 2.30. The number of fused-ring (bicyclic) bond motifs is 1. The quantitative estimate of drug-likeness (QED) is 0.723. The lowest BCUT2D eigenvalue weighted by molar-refractivity contribution is 0.211. The summed E-state index contributed by atoms with van der Waals surface area (Å²) in [6.07, 6.45) is 0. The topological polar surface area (TPSA) is 60.2 Å². The average molecular weight is 318 g/mol. The SMILES string of the molecule is COCCNc1cc(-c2ccc(Cl)cc2)nc2c(C)noc12. The largest absolute Gasteiger partial charge is 0.383 e. The molecule has 0 amide bonds. The van der Waals surface area contributed by atoms with Crippen molar-refractivity contribution in [2.45, 2.75) is 6.92 Å². The van der Waals surface area contributed by atoms with Crippen molar-refractivity contribution in [1.29, 1.82) is 0 Å². The number of methoxy groups -OCH3 is 1. The molecule has 0 fully saturated rings. The van der Waals surface area contributed by atoms with E-state index in [-0.39, 0.29) is 0 Å². The Kier molecular flexibility index (Phi) is 4.27. The lowest BCUT2D eigenvalue weighted by Crippen LogP contribution is -2.08. The number of anilines is 1. The third kappa shape index (κ3) is 2.91. The van der Waals surface area contributed by atoms with Crippen molar-refractivity contribution in [2.24, 2.45) is 0 Å². The second kappa shape index (κ2) is 6.34. The van der Waals surface area contributed by atoms with E-state index in [0.29, 0.717) is 23.8 Å². The summed E-state index contributed by atoms with van der Waals surface area (Å²) >= 11 is 5.95. The number of nitrogens with one attached hydrogen (secondary N) is 1. The number of ether oxygens (including phenoxy) is 1. The van der Waals surface area contributed by atoms with E-state index in [1.54, 1.807) is 7.11 Å². The molecular weight excluding hydrogens is 302 g/mol. The van der Waals surface area contributed by atoms with Crippen LogP contribution in [-0.2, 0) is 4.74 Å². The molecule has 2 heterocycles. The van der Waals surface area contributed by atoms with E-state index in [2.05, 4.69) is 15.5 Å². The van der Waals surface area contributed by atoms with Crippen LogP contribution in [0, 0.1) is 6.92 Å². The first-order valence-corrected chi connectivity index (χ1v) is 7.32. The van der Waals surface area contributed by atoms with Gasteiger partial charge in [-0.2, -0.15) is 0 Å². The molecule has 0 aliphatic heterocycles. The van der Waals surface area contributed by atoms with Crippen LogP contribution < -0.4 is 5.32 Å². The van der Waals surface area contributed by atoms with Gasteiger partial charge >= 0.3 is 0 Å². The molecule has 0 aliphatic carbocycles. The van der Waals surface area contributed by atoms with Crippen molar-refractivity contribution in [1.82, 2.24) is 10.1 Å². The van der Waals surface area contributed by atoms with Crippen LogP contribution >= 0.6 is 11.6 Å². The van der Waals surface area contributed by atoms with Crippen LogP contribution in [0.25, 0.3) is 22.4 Å². The van der Waals surface area contributed by atoms with Gasteiger partial charge in [-0.1, -0.05) is 28.9 Å². The fraction of sp³-hybridized carbons (Fsp3) is 0.250. The molecule has 1 aromatic carbocycles. The van der Waals surface area contributed by atoms with Gasteiger partial charge in [-0.05, 0) is 25.1 Å². The van der Waals surface area contributed by atoms with Crippen molar-refractivity contribution in [2.75, 3.05) is 25.6 Å². The third-order valence-electron chi connectivity index (χ3n) is 3.35. The Morgan fingerprint density at radius 1 is 1.27 bits per heavy atom. The maximum absolute atomic E-state index is 5.95. The number of pyridine rings is 1.